The molecule has 1 amide bonds. The molecule has 2 aliphatic heterocycles. The molecule has 0 aromatic heterocycles. The number of rotatable bonds is 4. The van der Waals surface area contributed by atoms with E-state index in [0.717, 1.165) is 51.3 Å². The van der Waals surface area contributed by atoms with Crippen molar-refractivity contribution in [2.75, 3.05) is 46.4 Å². The first-order chi connectivity index (χ1) is 11.8. The van der Waals surface area contributed by atoms with Crippen LogP contribution in [-0.2, 0) is 4.79 Å². The Morgan fingerprint density at radius 2 is 1.88 bits per heavy atom. The summed E-state index contributed by atoms with van der Waals surface area (Å²) in [7, 11) is 1.68. The maximum Gasteiger partial charge on any atom is 0.237 e. The fourth-order valence-electron chi connectivity index (χ4n) is 3.73. The molecule has 2 aliphatic rings. The van der Waals surface area contributed by atoms with Gasteiger partial charge in [-0.05, 0) is 30.5 Å². The smallest absolute Gasteiger partial charge is 0.237 e. The highest BCUT2D eigenvalue weighted by Gasteiger charge is 2.28. The molecule has 24 heavy (non-hydrogen) atoms. The first-order valence-corrected chi connectivity index (χ1v) is 9.14. The molecule has 2 fully saturated rings. The Balaban J connectivity index is 1.72. The normalized spacial score (nSPS) is 22.9. The standard InChI is InChI=1S/C19H29N3O2/c1-24-17-8-6-16(7-9-17)18-5-3-2-4-12-22(18)19(23)15-21-13-10-20-11-14-21/h6-9,18,20H,2-5,10-15H2,1H3. The Labute approximate surface area is 145 Å². The van der Waals surface area contributed by atoms with Crippen LogP contribution in [-0.4, -0.2) is 62.1 Å². The second-order valence-corrected chi connectivity index (χ2v) is 6.75. The van der Waals surface area contributed by atoms with Gasteiger partial charge in [-0.1, -0.05) is 25.0 Å². The lowest BCUT2D eigenvalue weighted by molar-refractivity contribution is -0.135. The van der Waals surface area contributed by atoms with Crippen LogP contribution in [0.1, 0.15) is 37.3 Å². The number of hydrogen-bond acceptors (Lipinski definition) is 4. The maximum absolute atomic E-state index is 13.0. The Kier molecular flexibility index (Phi) is 6.10. The quantitative estimate of drug-likeness (QED) is 0.917. The number of ether oxygens (including phenoxy) is 1. The van der Waals surface area contributed by atoms with Crippen LogP contribution < -0.4 is 10.1 Å². The number of benzene rings is 1. The molecule has 2 heterocycles. The molecule has 2 saturated heterocycles. The Bertz CT molecular complexity index is 526. The minimum Gasteiger partial charge on any atom is -0.497 e. The molecule has 3 rings (SSSR count). The molecule has 132 valence electrons. The van der Waals surface area contributed by atoms with Gasteiger partial charge in [0.15, 0.2) is 0 Å². The predicted octanol–water partition coefficient (Wildman–Crippen LogP) is 2.04. The van der Waals surface area contributed by atoms with Crippen molar-refractivity contribution in [1.82, 2.24) is 15.1 Å². The fourth-order valence-corrected chi connectivity index (χ4v) is 3.73. The zero-order valence-electron chi connectivity index (χ0n) is 14.7. The van der Waals surface area contributed by atoms with Gasteiger partial charge in [0.1, 0.15) is 5.75 Å². The van der Waals surface area contributed by atoms with Crippen molar-refractivity contribution in [1.29, 1.82) is 0 Å². The second kappa shape index (κ2) is 8.49. The molecule has 1 aromatic carbocycles. The lowest BCUT2D eigenvalue weighted by Crippen LogP contribution is -2.49. The fraction of sp³-hybridized carbons (Fsp3) is 0.632. The third-order valence-corrected chi connectivity index (χ3v) is 5.14. The van der Waals surface area contributed by atoms with Crippen LogP contribution in [0.2, 0.25) is 0 Å². The molecule has 0 radical (unpaired) electrons. The monoisotopic (exact) mass is 331 g/mol. The van der Waals surface area contributed by atoms with E-state index in [2.05, 4.69) is 27.2 Å². The van der Waals surface area contributed by atoms with E-state index >= 15 is 0 Å². The minimum atomic E-state index is 0.203. The second-order valence-electron chi connectivity index (χ2n) is 6.75. The summed E-state index contributed by atoms with van der Waals surface area (Å²) < 4.78 is 5.26. The highest BCUT2D eigenvalue weighted by molar-refractivity contribution is 5.79. The third-order valence-electron chi connectivity index (χ3n) is 5.14. The van der Waals surface area contributed by atoms with E-state index in [9.17, 15) is 4.79 Å². The van der Waals surface area contributed by atoms with E-state index in [1.165, 1.54) is 18.4 Å². The highest BCUT2D eigenvalue weighted by Crippen LogP contribution is 2.31. The van der Waals surface area contributed by atoms with Gasteiger partial charge in [-0.2, -0.15) is 0 Å². The van der Waals surface area contributed by atoms with E-state index in [0.29, 0.717) is 6.54 Å². The maximum atomic E-state index is 13.0. The first kappa shape index (κ1) is 17.2. The first-order valence-electron chi connectivity index (χ1n) is 9.14. The summed E-state index contributed by atoms with van der Waals surface area (Å²) in [6, 6.07) is 8.42. The van der Waals surface area contributed by atoms with Crippen LogP contribution in [0, 0.1) is 0 Å². The van der Waals surface area contributed by atoms with Crippen molar-refractivity contribution in [3.63, 3.8) is 0 Å². The van der Waals surface area contributed by atoms with Crippen molar-refractivity contribution in [2.24, 2.45) is 0 Å². The van der Waals surface area contributed by atoms with Gasteiger partial charge in [-0.15, -0.1) is 0 Å². The van der Waals surface area contributed by atoms with Gasteiger partial charge in [-0.25, -0.2) is 0 Å². The molecule has 1 unspecified atom stereocenters. The average molecular weight is 331 g/mol. The van der Waals surface area contributed by atoms with Gasteiger partial charge in [0.2, 0.25) is 5.91 Å². The van der Waals surface area contributed by atoms with E-state index in [4.69, 9.17) is 4.74 Å². The summed E-state index contributed by atoms with van der Waals surface area (Å²) in [4.78, 5) is 17.4. The Morgan fingerprint density at radius 3 is 2.58 bits per heavy atom. The molecule has 1 N–H and O–H groups in total. The molecule has 1 aromatic rings. The topological polar surface area (TPSA) is 44.8 Å². The SMILES string of the molecule is COc1ccc(C2CCCCCN2C(=O)CN2CCNCC2)cc1. The van der Waals surface area contributed by atoms with Crippen molar-refractivity contribution >= 4 is 5.91 Å². The summed E-state index contributed by atoms with van der Waals surface area (Å²) in [5, 5.41) is 3.34. The van der Waals surface area contributed by atoms with Gasteiger partial charge in [0.25, 0.3) is 0 Å². The van der Waals surface area contributed by atoms with Crippen LogP contribution in [0.25, 0.3) is 0 Å². The van der Waals surface area contributed by atoms with Crippen LogP contribution in [0.5, 0.6) is 5.75 Å². The number of carbonyl (C=O) groups excluding carboxylic acids is 1. The van der Waals surface area contributed by atoms with Gasteiger partial charge < -0.3 is 15.0 Å². The summed E-state index contributed by atoms with van der Waals surface area (Å²) in [6.07, 6.45) is 4.57. The summed E-state index contributed by atoms with van der Waals surface area (Å²) in [6.45, 7) is 5.32. The van der Waals surface area contributed by atoms with Gasteiger partial charge in [0.05, 0.1) is 19.7 Å². The molecule has 0 spiro atoms. The number of nitrogens with zero attached hydrogens (tertiary/aromatic N) is 2. The number of methoxy groups -OCH3 is 1. The van der Waals surface area contributed by atoms with E-state index in [1.54, 1.807) is 7.11 Å². The van der Waals surface area contributed by atoms with Crippen LogP contribution in [0.3, 0.4) is 0 Å². The molecule has 1 atom stereocenters. The van der Waals surface area contributed by atoms with Crippen molar-refractivity contribution in [3.8, 4) is 5.75 Å². The molecular formula is C19H29N3O2. The molecule has 0 aliphatic carbocycles. The summed E-state index contributed by atoms with van der Waals surface area (Å²) in [5.41, 5.74) is 1.23. The predicted molar refractivity (Wildman–Crippen MR) is 95.2 cm³/mol. The zero-order valence-corrected chi connectivity index (χ0v) is 14.7. The largest absolute Gasteiger partial charge is 0.497 e. The average Bonchev–Trinajstić information content (AvgIpc) is 2.89. The van der Waals surface area contributed by atoms with Crippen LogP contribution in [0.4, 0.5) is 0 Å². The number of piperazine rings is 1. The van der Waals surface area contributed by atoms with Crippen molar-refractivity contribution in [3.05, 3.63) is 29.8 Å². The van der Waals surface area contributed by atoms with E-state index in [1.807, 2.05) is 12.1 Å². The minimum absolute atomic E-state index is 0.203. The lowest BCUT2D eigenvalue weighted by Gasteiger charge is -2.34. The van der Waals surface area contributed by atoms with Crippen molar-refractivity contribution < 1.29 is 9.53 Å². The number of amides is 1. The summed E-state index contributed by atoms with van der Waals surface area (Å²) in [5.74, 6) is 1.14. The molecule has 5 heteroatoms. The molecular weight excluding hydrogens is 302 g/mol. The highest BCUT2D eigenvalue weighted by atomic mass is 16.5. The molecule has 0 bridgehead atoms. The number of carbonyl (C=O) groups is 1. The molecule has 0 saturated carbocycles. The van der Waals surface area contributed by atoms with Crippen LogP contribution in [0.15, 0.2) is 24.3 Å². The number of nitrogens with one attached hydrogen (secondary N) is 1. The Morgan fingerprint density at radius 1 is 1.12 bits per heavy atom. The van der Waals surface area contributed by atoms with Gasteiger partial charge >= 0.3 is 0 Å². The van der Waals surface area contributed by atoms with Gasteiger partial charge in [0, 0.05) is 32.7 Å². The number of likely N-dealkylation sites (tertiary alicyclic amines) is 1. The lowest BCUT2D eigenvalue weighted by atomic mass is 10.0. The molecule has 5 nitrogen and oxygen atoms in total. The number of hydrogen-bond donors (Lipinski definition) is 1. The van der Waals surface area contributed by atoms with Crippen LogP contribution >= 0.6 is 0 Å². The van der Waals surface area contributed by atoms with Gasteiger partial charge in [-0.3, -0.25) is 9.69 Å². The van der Waals surface area contributed by atoms with E-state index < -0.39 is 0 Å². The third kappa shape index (κ3) is 4.28. The zero-order chi connectivity index (χ0) is 16.8. The van der Waals surface area contributed by atoms with E-state index in [-0.39, 0.29) is 11.9 Å². The van der Waals surface area contributed by atoms with Crippen molar-refractivity contribution in [2.45, 2.75) is 31.7 Å². The Hall–Kier alpha value is -1.59. The summed E-state index contributed by atoms with van der Waals surface area (Å²) >= 11 is 0.